The predicted molar refractivity (Wildman–Crippen MR) is 153 cm³/mol. The number of unbranched alkanes of at least 4 members (excludes halogenated alkanes) is 1. The van der Waals surface area contributed by atoms with Crippen LogP contribution < -0.4 is 15.4 Å². The predicted octanol–water partition coefficient (Wildman–Crippen LogP) is 4.08. The Bertz CT molecular complexity index is 1250. The Morgan fingerprint density at radius 1 is 1.05 bits per heavy atom. The second-order valence-corrected chi connectivity index (χ2v) is 12.3. The Balaban J connectivity index is 2.09. The number of sulfone groups is 1. The SMILES string of the molecule is CCCC[C@]1(CC)CS(=O)(=O)c2cc(CNC(CC(=O)OC)CC(=O)OC)c(OC)cc2[C@H](c2ccccc2)N1. The summed E-state index contributed by atoms with van der Waals surface area (Å²) in [7, 11) is 0.413. The number of hydrogen-bond acceptors (Lipinski definition) is 9. The highest BCUT2D eigenvalue weighted by Crippen LogP contribution is 2.40. The standard InChI is InChI=1S/C30H42N2O7S/c1-6-8-14-30(7-2)20-40(35,36)26-15-22(19-31-23(16-27(33)38-4)17-28(34)39-5)25(37-3)18-24(26)29(32-30)21-12-10-9-11-13-21/h9-13,15,18,23,29,31-32H,6-8,14,16-17,19-20H2,1-5H3/t29-,30+/m0/s1. The van der Waals surface area contributed by atoms with E-state index in [-0.39, 0.29) is 36.1 Å². The van der Waals surface area contributed by atoms with Gasteiger partial charge in [-0.3, -0.25) is 14.9 Å². The fourth-order valence-corrected chi connectivity index (χ4v) is 7.47. The number of rotatable bonds is 13. The number of esters is 2. The lowest BCUT2D eigenvalue weighted by molar-refractivity contribution is -0.143. The van der Waals surface area contributed by atoms with Crippen molar-refractivity contribution in [2.75, 3.05) is 27.1 Å². The molecule has 0 aromatic heterocycles. The van der Waals surface area contributed by atoms with Gasteiger partial charge < -0.3 is 19.5 Å². The van der Waals surface area contributed by atoms with E-state index in [2.05, 4.69) is 17.6 Å². The molecule has 40 heavy (non-hydrogen) atoms. The molecule has 1 aliphatic heterocycles. The van der Waals surface area contributed by atoms with Gasteiger partial charge in [-0.05, 0) is 36.1 Å². The normalized spacial score (nSPS) is 19.9. The van der Waals surface area contributed by atoms with Crippen molar-refractivity contribution in [3.63, 3.8) is 0 Å². The molecular formula is C30H42N2O7S. The average Bonchev–Trinajstić information content (AvgIpc) is 3.06. The molecule has 0 unspecified atom stereocenters. The van der Waals surface area contributed by atoms with E-state index in [0.29, 0.717) is 23.3 Å². The van der Waals surface area contributed by atoms with E-state index < -0.39 is 33.4 Å². The number of fused-ring (bicyclic) bond motifs is 1. The molecule has 0 aliphatic carbocycles. The monoisotopic (exact) mass is 574 g/mol. The Kier molecular flexibility index (Phi) is 11.1. The van der Waals surface area contributed by atoms with E-state index >= 15 is 0 Å². The van der Waals surface area contributed by atoms with Crippen LogP contribution in [0.2, 0.25) is 0 Å². The van der Waals surface area contributed by atoms with Crippen LogP contribution in [0.5, 0.6) is 5.75 Å². The van der Waals surface area contributed by atoms with Gasteiger partial charge in [0.25, 0.3) is 0 Å². The first-order valence-electron chi connectivity index (χ1n) is 13.7. The summed E-state index contributed by atoms with van der Waals surface area (Å²) in [5, 5.41) is 6.96. The van der Waals surface area contributed by atoms with Crippen LogP contribution in [0.1, 0.15) is 75.1 Å². The molecule has 3 rings (SSSR count). The maximum atomic E-state index is 14.0. The molecule has 0 spiro atoms. The highest BCUT2D eigenvalue weighted by molar-refractivity contribution is 7.91. The molecule has 1 aliphatic rings. The molecule has 2 aromatic rings. The molecule has 0 radical (unpaired) electrons. The van der Waals surface area contributed by atoms with Gasteiger partial charge in [0, 0.05) is 23.7 Å². The Morgan fingerprint density at radius 2 is 1.70 bits per heavy atom. The van der Waals surface area contributed by atoms with Crippen LogP contribution in [0.4, 0.5) is 0 Å². The molecule has 0 bridgehead atoms. The van der Waals surface area contributed by atoms with Crippen molar-refractivity contribution in [3.8, 4) is 5.75 Å². The van der Waals surface area contributed by atoms with Gasteiger partial charge in [-0.2, -0.15) is 0 Å². The molecular weight excluding hydrogens is 532 g/mol. The van der Waals surface area contributed by atoms with Crippen molar-refractivity contribution in [3.05, 3.63) is 59.2 Å². The van der Waals surface area contributed by atoms with Crippen LogP contribution in [0.3, 0.4) is 0 Å². The van der Waals surface area contributed by atoms with Crippen molar-refractivity contribution >= 4 is 21.8 Å². The fraction of sp³-hybridized carbons (Fsp3) is 0.533. The van der Waals surface area contributed by atoms with E-state index in [0.717, 1.165) is 24.8 Å². The molecule has 2 N–H and O–H groups in total. The molecule has 0 saturated heterocycles. The minimum atomic E-state index is -3.70. The number of methoxy groups -OCH3 is 3. The van der Waals surface area contributed by atoms with Crippen molar-refractivity contribution in [1.29, 1.82) is 0 Å². The minimum Gasteiger partial charge on any atom is -0.496 e. The molecule has 2 aromatic carbocycles. The van der Waals surface area contributed by atoms with Gasteiger partial charge in [0.1, 0.15) is 5.75 Å². The summed E-state index contributed by atoms with van der Waals surface area (Å²) in [4.78, 5) is 24.2. The van der Waals surface area contributed by atoms with Gasteiger partial charge in [-0.1, -0.05) is 57.0 Å². The van der Waals surface area contributed by atoms with Crippen LogP contribution in [-0.2, 0) is 35.4 Å². The maximum absolute atomic E-state index is 14.0. The first kappa shape index (κ1) is 31.6. The first-order valence-corrected chi connectivity index (χ1v) is 15.4. The number of ether oxygens (including phenoxy) is 3. The first-order chi connectivity index (χ1) is 19.1. The van der Waals surface area contributed by atoms with E-state index in [1.54, 1.807) is 19.2 Å². The lowest BCUT2D eigenvalue weighted by Gasteiger charge is -2.36. The zero-order valence-corrected chi connectivity index (χ0v) is 24.9. The molecule has 1 heterocycles. The summed E-state index contributed by atoms with van der Waals surface area (Å²) in [6.07, 6.45) is 3.19. The van der Waals surface area contributed by atoms with Gasteiger partial charge in [0.05, 0.1) is 50.9 Å². The number of carbonyl (C=O) groups is 2. The zero-order chi connectivity index (χ0) is 29.3. The van der Waals surface area contributed by atoms with Gasteiger partial charge in [0.2, 0.25) is 0 Å². The second kappa shape index (κ2) is 14.1. The summed E-state index contributed by atoms with van der Waals surface area (Å²) >= 11 is 0. The average molecular weight is 575 g/mol. The lowest BCUT2D eigenvalue weighted by Crippen LogP contribution is -2.50. The Labute approximate surface area is 237 Å². The number of nitrogens with one attached hydrogen (secondary N) is 2. The van der Waals surface area contributed by atoms with Crippen molar-refractivity contribution in [1.82, 2.24) is 10.6 Å². The number of hydrogen-bond donors (Lipinski definition) is 2. The topological polar surface area (TPSA) is 120 Å². The van der Waals surface area contributed by atoms with Crippen molar-refractivity contribution in [2.45, 2.75) is 81.4 Å². The third-order valence-corrected chi connectivity index (χ3v) is 9.61. The third kappa shape index (κ3) is 7.62. The Morgan fingerprint density at radius 3 is 2.25 bits per heavy atom. The summed E-state index contributed by atoms with van der Waals surface area (Å²) in [6.45, 7) is 4.31. The molecule has 2 atom stereocenters. The largest absolute Gasteiger partial charge is 0.496 e. The molecule has 0 saturated carbocycles. The quantitative estimate of drug-likeness (QED) is 0.341. The zero-order valence-electron chi connectivity index (χ0n) is 24.1. The molecule has 0 fully saturated rings. The minimum absolute atomic E-state index is 0.0145. The van der Waals surface area contributed by atoms with E-state index in [1.165, 1.54) is 14.2 Å². The van der Waals surface area contributed by atoms with Crippen LogP contribution in [-0.4, -0.2) is 59.0 Å². The highest BCUT2D eigenvalue weighted by atomic mass is 32.2. The van der Waals surface area contributed by atoms with E-state index in [9.17, 15) is 18.0 Å². The fourth-order valence-electron chi connectivity index (χ4n) is 5.30. The second-order valence-electron chi connectivity index (χ2n) is 10.3. The summed E-state index contributed by atoms with van der Waals surface area (Å²) in [6, 6.07) is 12.4. The van der Waals surface area contributed by atoms with Crippen LogP contribution in [0.25, 0.3) is 0 Å². The lowest BCUT2D eigenvalue weighted by atomic mass is 9.88. The third-order valence-electron chi connectivity index (χ3n) is 7.66. The molecule has 9 nitrogen and oxygen atoms in total. The van der Waals surface area contributed by atoms with Gasteiger partial charge in [0.15, 0.2) is 9.84 Å². The molecule has 220 valence electrons. The van der Waals surface area contributed by atoms with Gasteiger partial charge in [-0.15, -0.1) is 0 Å². The summed E-state index contributed by atoms with van der Waals surface area (Å²) in [5.41, 5.74) is 1.62. The van der Waals surface area contributed by atoms with Gasteiger partial charge >= 0.3 is 11.9 Å². The maximum Gasteiger partial charge on any atom is 0.307 e. The number of benzene rings is 2. The van der Waals surface area contributed by atoms with Crippen LogP contribution in [0.15, 0.2) is 47.4 Å². The van der Waals surface area contributed by atoms with Gasteiger partial charge in [-0.25, -0.2) is 8.42 Å². The summed E-state index contributed by atoms with van der Waals surface area (Å²) < 4.78 is 43.4. The van der Waals surface area contributed by atoms with Crippen molar-refractivity contribution < 1.29 is 32.2 Å². The smallest absolute Gasteiger partial charge is 0.307 e. The highest BCUT2D eigenvalue weighted by Gasteiger charge is 2.42. The Hall–Kier alpha value is -2.95. The number of carbonyl (C=O) groups excluding carboxylic acids is 2. The van der Waals surface area contributed by atoms with Crippen molar-refractivity contribution in [2.24, 2.45) is 0 Å². The van der Waals surface area contributed by atoms with E-state index in [4.69, 9.17) is 14.2 Å². The molecule has 0 amide bonds. The molecule has 10 heteroatoms. The van der Waals surface area contributed by atoms with Crippen LogP contribution in [0, 0.1) is 0 Å². The summed E-state index contributed by atoms with van der Waals surface area (Å²) in [5.74, 6) is -0.453. The van der Waals surface area contributed by atoms with E-state index in [1.807, 2.05) is 37.3 Å². The van der Waals surface area contributed by atoms with Crippen LogP contribution >= 0.6 is 0 Å².